The average Bonchev–Trinajstić information content (AvgIpc) is 3.85. The van der Waals surface area contributed by atoms with Crippen LogP contribution in [0, 0.1) is 0 Å². The zero-order valence-corrected chi connectivity index (χ0v) is 31.2. The fourth-order valence-electron chi connectivity index (χ4n) is 8.62. The summed E-state index contributed by atoms with van der Waals surface area (Å²) >= 11 is 0. The lowest BCUT2D eigenvalue weighted by Gasteiger charge is -2.12. The predicted molar refractivity (Wildman–Crippen MR) is 237 cm³/mol. The highest BCUT2D eigenvalue weighted by Gasteiger charge is 2.19. The summed E-state index contributed by atoms with van der Waals surface area (Å²) in [7, 11) is 0. The summed E-state index contributed by atoms with van der Waals surface area (Å²) in [6, 6.07) is 68.1. The van der Waals surface area contributed by atoms with Gasteiger partial charge in [-0.15, -0.1) is 0 Å². The Morgan fingerprint density at radius 2 is 0.828 bits per heavy atom. The zero-order chi connectivity index (χ0) is 38.2. The Morgan fingerprint density at radius 3 is 1.55 bits per heavy atom. The highest BCUT2D eigenvalue weighted by Crippen LogP contribution is 2.39. The molecule has 0 fully saturated rings. The van der Waals surface area contributed by atoms with Crippen LogP contribution in [0.1, 0.15) is 0 Å². The van der Waals surface area contributed by atoms with E-state index in [0.717, 1.165) is 72.1 Å². The number of benzene rings is 8. The minimum absolute atomic E-state index is 0.636. The number of nitrogens with zero attached hydrogens (tertiary/aromatic N) is 6. The Labute approximate surface area is 333 Å². The number of imidazole rings is 1. The molecule has 0 atom stereocenters. The second-order valence-electron chi connectivity index (χ2n) is 14.7. The van der Waals surface area contributed by atoms with E-state index in [4.69, 9.17) is 19.9 Å². The van der Waals surface area contributed by atoms with E-state index in [2.05, 4.69) is 142 Å². The van der Waals surface area contributed by atoms with Crippen LogP contribution in [0.5, 0.6) is 0 Å². The van der Waals surface area contributed by atoms with Crippen molar-refractivity contribution in [3.63, 3.8) is 0 Å². The first-order valence-corrected chi connectivity index (χ1v) is 19.5. The Bertz CT molecular complexity index is 3490. The first-order valence-electron chi connectivity index (χ1n) is 19.5. The van der Waals surface area contributed by atoms with Crippen molar-refractivity contribution in [2.45, 2.75) is 0 Å². The third-order valence-electron chi connectivity index (χ3n) is 11.3. The van der Waals surface area contributed by atoms with Crippen molar-refractivity contribution in [2.75, 3.05) is 0 Å². The average molecular weight is 741 g/mol. The third kappa shape index (κ3) is 5.05. The Balaban J connectivity index is 0.997. The number of hydrogen-bond donors (Lipinski definition) is 0. The molecular weight excluding hydrogens is 709 g/mol. The molecule has 0 spiro atoms. The van der Waals surface area contributed by atoms with Crippen LogP contribution in [0.2, 0.25) is 0 Å². The maximum atomic E-state index is 5.13. The van der Waals surface area contributed by atoms with E-state index in [-0.39, 0.29) is 0 Å². The minimum atomic E-state index is 0.636. The van der Waals surface area contributed by atoms with Crippen LogP contribution in [-0.2, 0) is 0 Å². The SMILES string of the molecule is c1ccc(-c2nc(-c3ccccc3)nc(-c3cccc(-c4ccc(-n5c6ccccc6c6cc7c(cc65)c5ccccc5c5nc6ccccc6n75)cc4)c3)n2)cc1. The van der Waals surface area contributed by atoms with Crippen molar-refractivity contribution in [3.05, 3.63) is 194 Å². The molecule has 0 bridgehead atoms. The molecule has 0 unspecified atom stereocenters. The van der Waals surface area contributed by atoms with Gasteiger partial charge >= 0.3 is 0 Å². The van der Waals surface area contributed by atoms with Crippen molar-refractivity contribution in [1.29, 1.82) is 0 Å². The quantitative estimate of drug-likeness (QED) is 0.165. The van der Waals surface area contributed by atoms with Gasteiger partial charge in [-0.05, 0) is 65.0 Å². The van der Waals surface area contributed by atoms with Gasteiger partial charge < -0.3 is 4.57 Å². The fourth-order valence-corrected chi connectivity index (χ4v) is 8.62. The number of para-hydroxylation sites is 3. The Hall–Kier alpha value is -7.96. The van der Waals surface area contributed by atoms with Gasteiger partial charge in [-0.25, -0.2) is 19.9 Å². The lowest BCUT2D eigenvalue weighted by Crippen LogP contribution is -2.00. The maximum absolute atomic E-state index is 5.13. The van der Waals surface area contributed by atoms with Gasteiger partial charge in [-0.2, -0.15) is 0 Å². The second-order valence-corrected chi connectivity index (χ2v) is 14.7. The zero-order valence-electron chi connectivity index (χ0n) is 31.2. The molecule has 8 aromatic carbocycles. The molecule has 0 aliphatic carbocycles. The van der Waals surface area contributed by atoms with Gasteiger partial charge in [0, 0.05) is 43.9 Å². The predicted octanol–water partition coefficient (Wildman–Crippen LogP) is 12.7. The largest absolute Gasteiger partial charge is 0.309 e. The molecular formula is C52H32N6. The van der Waals surface area contributed by atoms with Gasteiger partial charge in [0.1, 0.15) is 5.65 Å². The van der Waals surface area contributed by atoms with E-state index in [1.807, 2.05) is 60.7 Å². The molecule has 58 heavy (non-hydrogen) atoms. The molecule has 270 valence electrons. The molecule has 12 rings (SSSR count). The third-order valence-corrected chi connectivity index (χ3v) is 11.3. The van der Waals surface area contributed by atoms with Crippen molar-refractivity contribution in [2.24, 2.45) is 0 Å². The van der Waals surface area contributed by atoms with Gasteiger partial charge in [0.2, 0.25) is 0 Å². The van der Waals surface area contributed by atoms with E-state index < -0.39 is 0 Å². The van der Waals surface area contributed by atoms with Crippen LogP contribution in [0.25, 0.3) is 111 Å². The molecule has 4 heterocycles. The molecule has 0 saturated carbocycles. The lowest BCUT2D eigenvalue weighted by molar-refractivity contribution is 1.07. The van der Waals surface area contributed by atoms with Crippen LogP contribution < -0.4 is 0 Å². The molecule has 12 aromatic rings. The summed E-state index contributed by atoms with van der Waals surface area (Å²) < 4.78 is 4.74. The van der Waals surface area contributed by atoms with Gasteiger partial charge in [0.05, 0.1) is 27.6 Å². The lowest BCUT2D eigenvalue weighted by atomic mass is 10.0. The number of fused-ring (bicyclic) bond motifs is 11. The molecule has 0 aliphatic heterocycles. The van der Waals surface area contributed by atoms with E-state index in [9.17, 15) is 0 Å². The Morgan fingerprint density at radius 1 is 0.293 bits per heavy atom. The van der Waals surface area contributed by atoms with Crippen LogP contribution in [0.3, 0.4) is 0 Å². The standard InChI is InChI=1S/C52H32N6/c1-3-14-34(15-4-1)49-54-50(35-16-5-2-6-17-35)56-51(55-49)37-19-13-18-36(30-37)33-26-28-38(29-27-33)57-45-24-11-9-21-40(45)43-32-48-42(31-47(43)57)39-20-7-8-22-41(39)52-53-44-23-10-12-25-46(44)58(48)52/h1-32H. The van der Waals surface area contributed by atoms with E-state index in [1.54, 1.807) is 0 Å². The van der Waals surface area contributed by atoms with Crippen LogP contribution in [-0.4, -0.2) is 28.9 Å². The van der Waals surface area contributed by atoms with Gasteiger partial charge in [0.25, 0.3) is 0 Å². The number of pyridine rings is 1. The summed E-state index contributed by atoms with van der Waals surface area (Å²) in [4.78, 5) is 20.0. The first-order chi connectivity index (χ1) is 28.7. The van der Waals surface area contributed by atoms with Crippen LogP contribution in [0.15, 0.2) is 194 Å². The summed E-state index contributed by atoms with van der Waals surface area (Å²) in [5.74, 6) is 1.93. The highest BCUT2D eigenvalue weighted by atomic mass is 15.0. The normalized spacial score (nSPS) is 11.8. The molecule has 0 saturated heterocycles. The molecule has 4 aromatic heterocycles. The summed E-state index contributed by atoms with van der Waals surface area (Å²) in [5, 5.41) is 5.95. The monoisotopic (exact) mass is 740 g/mol. The second kappa shape index (κ2) is 12.8. The number of aromatic nitrogens is 6. The minimum Gasteiger partial charge on any atom is -0.309 e. The van der Waals surface area contributed by atoms with Crippen molar-refractivity contribution >= 4 is 60.2 Å². The highest BCUT2D eigenvalue weighted by molar-refractivity contribution is 6.20. The summed E-state index contributed by atoms with van der Waals surface area (Å²) in [5.41, 5.74) is 12.7. The van der Waals surface area contributed by atoms with Crippen LogP contribution in [0.4, 0.5) is 0 Å². The topological polar surface area (TPSA) is 60.9 Å². The van der Waals surface area contributed by atoms with Crippen LogP contribution >= 0.6 is 0 Å². The van der Waals surface area contributed by atoms with E-state index in [1.165, 1.54) is 21.5 Å². The number of hydrogen-bond acceptors (Lipinski definition) is 4. The van der Waals surface area contributed by atoms with Gasteiger partial charge in [-0.3, -0.25) is 4.40 Å². The summed E-state index contributed by atoms with van der Waals surface area (Å²) in [6.45, 7) is 0. The Kier molecular flexibility index (Phi) is 7.13. The van der Waals surface area contributed by atoms with Crippen molar-refractivity contribution < 1.29 is 0 Å². The van der Waals surface area contributed by atoms with E-state index in [0.29, 0.717) is 17.5 Å². The molecule has 6 nitrogen and oxygen atoms in total. The van der Waals surface area contributed by atoms with Gasteiger partial charge in [-0.1, -0.05) is 146 Å². The molecule has 6 heteroatoms. The first kappa shape index (κ1) is 32.3. The molecule has 0 N–H and O–H groups in total. The molecule has 0 amide bonds. The van der Waals surface area contributed by atoms with Crippen molar-refractivity contribution in [3.8, 4) is 51.0 Å². The molecule has 0 radical (unpaired) electrons. The van der Waals surface area contributed by atoms with Gasteiger partial charge in [0.15, 0.2) is 17.5 Å². The fraction of sp³-hybridized carbons (Fsp3) is 0. The molecule has 0 aliphatic rings. The summed E-state index contributed by atoms with van der Waals surface area (Å²) in [6.07, 6.45) is 0. The maximum Gasteiger partial charge on any atom is 0.164 e. The van der Waals surface area contributed by atoms with E-state index >= 15 is 0 Å². The van der Waals surface area contributed by atoms with Crippen molar-refractivity contribution in [1.82, 2.24) is 28.9 Å². The smallest absolute Gasteiger partial charge is 0.164 e. The number of rotatable bonds is 5.